The zero-order valence-electron chi connectivity index (χ0n) is 23.7. The van der Waals surface area contributed by atoms with Crippen LogP contribution in [0.4, 0.5) is 0 Å². The third-order valence-electron chi connectivity index (χ3n) is 12.1. The normalized spacial score (nSPS) is 40.6. The molecule has 0 amide bonds. The van der Waals surface area contributed by atoms with Crippen LogP contribution >= 0.6 is 0 Å². The van der Waals surface area contributed by atoms with E-state index in [1.54, 1.807) is 0 Å². The molecule has 0 bridgehead atoms. The Balaban J connectivity index is 1.68. The lowest BCUT2D eigenvalue weighted by Gasteiger charge is -2.61. The van der Waals surface area contributed by atoms with Gasteiger partial charge in [0.2, 0.25) is 0 Å². The van der Waals surface area contributed by atoms with Gasteiger partial charge in [0.25, 0.3) is 0 Å². The van der Waals surface area contributed by atoms with Gasteiger partial charge in [-0.05, 0) is 104 Å². The van der Waals surface area contributed by atoms with Gasteiger partial charge in [0.05, 0.1) is 0 Å². The summed E-state index contributed by atoms with van der Waals surface area (Å²) in [6.45, 7) is 25.9. The van der Waals surface area contributed by atoms with Crippen molar-refractivity contribution in [2.45, 2.75) is 127 Å². The summed E-state index contributed by atoms with van der Waals surface area (Å²) < 4.78 is 0. The highest BCUT2D eigenvalue weighted by Gasteiger charge is 2.60. The van der Waals surface area contributed by atoms with Crippen LogP contribution in [0.1, 0.15) is 127 Å². The number of hydrogen-bond donors (Lipinski definition) is 0. The Kier molecular flexibility index (Phi) is 8.03. The summed E-state index contributed by atoms with van der Waals surface area (Å²) in [5, 5.41) is 0. The number of allylic oxidation sites excluding steroid dienone is 1. The second-order valence-corrected chi connectivity index (χ2v) is 14.2. The number of ketones is 1. The second-order valence-electron chi connectivity index (χ2n) is 14.2. The number of rotatable bonds is 9. The van der Waals surface area contributed by atoms with Crippen LogP contribution in [0.2, 0.25) is 0 Å². The van der Waals surface area contributed by atoms with Crippen LogP contribution in [-0.4, -0.2) is 5.78 Å². The minimum Gasteiger partial charge on any atom is -0.299 e. The molecular weight excluding hydrogens is 400 g/mol. The van der Waals surface area contributed by atoms with Crippen LogP contribution in [0.5, 0.6) is 0 Å². The molecule has 0 spiro atoms. The predicted molar refractivity (Wildman–Crippen MR) is 143 cm³/mol. The molecule has 0 N–H and O–H groups in total. The molecule has 9 atom stereocenters. The van der Waals surface area contributed by atoms with Crippen molar-refractivity contribution in [1.29, 1.82) is 0 Å². The summed E-state index contributed by atoms with van der Waals surface area (Å²) >= 11 is 0. The van der Waals surface area contributed by atoms with Gasteiger partial charge >= 0.3 is 0 Å². The van der Waals surface area contributed by atoms with Crippen molar-refractivity contribution in [3.8, 4) is 0 Å². The first kappa shape index (κ1) is 27.0. The van der Waals surface area contributed by atoms with Crippen molar-refractivity contribution in [2.75, 3.05) is 0 Å². The molecular formula is C32H56O. The monoisotopic (exact) mass is 456 g/mol. The summed E-state index contributed by atoms with van der Waals surface area (Å²) in [5.74, 6) is 5.57. The van der Waals surface area contributed by atoms with E-state index in [2.05, 4.69) is 68.9 Å². The van der Waals surface area contributed by atoms with E-state index in [1.165, 1.54) is 50.5 Å². The third-order valence-corrected chi connectivity index (χ3v) is 12.1. The molecule has 8 unspecified atom stereocenters. The molecule has 33 heavy (non-hydrogen) atoms. The van der Waals surface area contributed by atoms with E-state index in [1.807, 2.05) is 0 Å². The summed E-state index contributed by atoms with van der Waals surface area (Å²) in [5.41, 5.74) is 2.26. The molecule has 3 fully saturated rings. The number of carbonyl (C=O) groups is 1. The van der Waals surface area contributed by atoms with Crippen molar-refractivity contribution in [3.05, 3.63) is 12.2 Å². The van der Waals surface area contributed by atoms with Gasteiger partial charge in [-0.3, -0.25) is 4.79 Å². The fraction of sp³-hybridized carbons (Fsp3) is 0.906. The third kappa shape index (κ3) is 4.78. The highest BCUT2D eigenvalue weighted by molar-refractivity contribution is 5.84. The van der Waals surface area contributed by atoms with E-state index >= 15 is 0 Å². The summed E-state index contributed by atoms with van der Waals surface area (Å²) in [6, 6.07) is 0. The molecule has 190 valence electrons. The van der Waals surface area contributed by atoms with Crippen LogP contribution < -0.4 is 0 Å². The van der Waals surface area contributed by atoms with Gasteiger partial charge in [0.15, 0.2) is 0 Å². The molecule has 0 aliphatic heterocycles. The fourth-order valence-corrected chi connectivity index (χ4v) is 9.01. The molecule has 0 aromatic rings. The van der Waals surface area contributed by atoms with E-state index < -0.39 is 0 Å². The van der Waals surface area contributed by atoms with Gasteiger partial charge in [-0.15, -0.1) is 0 Å². The summed E-state index contributed by atoms with van der Waals surface area (Å²) in [6.07, 6.45) is 12.5. The Morgan fingerprint density at radius 1 is 1.06 bits per heavy atom. The Morgan fingerprint density at radius 2 is 1.73 bits per heavy atom. The average Bonchev–Trinajstić information content (AvgIpc) is 3.11. The van der Waals surface area contributed by atoms with Gasteiger partial charge in [-0.1, -0.05) is 80.4 Å². The Bertz CT molecular complexity index is 718. The maximum atomic E-state index is 13.2. The highest BCUT2D eigenvalue weighted by Crippen LogP contribution is 2.68. The van der Waals surface area contributed by atoms with E-state index in [0.29, 0.717) is 28.4 Å². The number of carbonyl (C=O) groups excluding carboxylic acids is 1. The number of Topliss-reactive ketones (excluding diaryl/α,β-unsaturated/α-hetero) is 1. The molecule has 0 aromatic heterocycles. The average molecular weight is 457 g/mol. The minimum absolute atomic E-state index is 0.182. The van der Waals surface area contributed by atoms with E-state index in [9.17, 15) is 4.79 Å². The van der Waals surface area contributed by atoms with Crippen LogP contribution in [0.3, 0.4) is 0 Å². The number of hydrogen-bond acceptors (Lipinski definition) is 1. The molecule has 0 saturated heterocycles. The first-order valence-electron chi connectivity index (χ1n) is 14.5. The zero-order valence-corrected chi connectivity index (χ0v) is 23.7. The lowest BCUT2D eigenvalue weighted by atomic mass is 9.44. The lowest BCUT2D eigenvalue weighted by molar-refractivity contribution is -0.131. The van der Waals surface area contributed by atoms with Crippen molar-refractivity contribution >= 4 is 5.78 Å². The SMILES string of the molecule is C=C(C)C1CCC2(C)CC[C@@]3(C)C(C)C(C(C)CCC(=O)C(C)(C)C(C)CCC)CCC3C12. The smallest absolute Gasteiger partial charge is 0.138 e. The topological polar surface area (TPSA) is 17.1 Å². The molecule has 3 rings (SSSR count). The molecule has 1 heteroatoms. The standard InChI is InChI=1S/C32H56O/c1-11-12-23(5)30(7,8)28(33)16-13-22(4)26-14-15-27-29-25(21(2)3)17-18-31(29,9)19-20-32(27,10)24(26)6/h22-27,29H,2,11-20H2,1,3-10H3/t22?,23?,24?,25?,26?,27?,29?,31?,32-/m0/s1. The fourth-order valence-electron chi connectivity index (χ4n) is 9.01. The van der Waals surface area contributed by atoms with E-state index in [4.69, 9.17) is 0 Å². The second kappa shape index (κ2) is 9.81. The van der Waals surface area contributed by atoms with Crippen molar-refractivity contribution in [2.24, 2.45) is 57.7 Å². The molecule has 0 heterocycles. The molecule has 3 aliphatic carbocycles. The summed E-state index contributed by atoms with van der Waals surface area (Å²) in [4.78, 5) is 13.2. The van der Waals surface area contributed by atoms with E-state index in [-0.39, 0.29) is 5.41 Å². The van der Waals surface area contributed by atoms with Crippen LogP contribution in [-0.2, 0) is 4.79 Å². The maximum absolute atomic E-state index is 13.2. The largest absolute Gasteiger partial charge is 0.299 e. The minimum atomic E-state index is -0.182. The summed E-state index contributed by atoms with van der Waals surface area (Å²) in [7, 11) is 0. The Morgan fingerprint density at radius 3 is 2.33 bits per heavy atom. The Hall–Kier alpha value is -0.590. The quantitative estimate of drug-likeness (QED) is 0.316. The molecule has 0 aromatic carbocycles. The van der Waals surface area contributed by atoms with Crippen molar-refractivity contribution in [1.82, 2.24) is 0 Å². The van der Waals surface area contributed by atoms with Gasteiger partial charge in [0, 0.05) is 11.8 Å². The van der Waals surface area contributed by atoms with E-state index in [0.717, 1.165) is 48.9 Å². The molecule has 0 radical (unpaired) electrons. The maximum Gasteiger partial charge on any atom is 0.138 e. The van der Waals surface area contributed by atoms with Crippen LogP contribution in [0.25, 0.3) is 0 Å². The lowest BCUT2D eigenvalue weighted by Crippen LogP contribution is -2.53. The van der Waals surface area contributed by atoms with Crippen LogP contribution in [0, 0.1) is 57.7 Å². The van der Waals surface area contributed by atoms with Gasteiger partial charge in [-0.25, -0.2) is 0 Å². The van der Waals surface area contributed by atoms with Crippen LogP contribution in [0.15, 0.2) is 12.2 Å². The van der Waals surface area contributed by atoms with Crippen molar-refractivity contribution in [3.63, 3.8) is 0 Å². The highest BCUT2D eigenvalue weighted by atomic mass is 16.1. The predicted octanol–water partition coefficient (Wildman–Crippen LogP) is 9.51. The Labute approximate surface area is 207 Å². The van der Waals surface area contributed by atoms with Gasteiger partial charge < -0.3 is 0 Å². The molecule has 3 aliphatic rings. The first-order valence-corrected chi connectivity index (χ1v) is 14.5. The van der Waals surface area contributed by atoms with Gasteiger partial charge in [-0.2, -0.15) is 0 Å². The molecule has 3 saturated carbocycles. The number of fused-ring (bicyclic) bond motifs is 3. The zero-order chi connectivity index (χ0) is 24.8. The molecule has 1 nitrogen and oxygen atoms in total. The van der Waals surface area contributed by atoms with Crippen molar-refractivity contribution < 1.29 is 4.79 Å². The first-order chi connectivity index (χ1) is 15.3. The van der Waals surface area contributed by atoms with Gasteiger partial charge in [0.1, 0.15) is 5.78 Å².